The van der Waals surface area contributed by atoms with Crippen molar-refractivity contribution >= 4 is 15.7 Å². The van der Waals surface area contributed by atoms with Crippen molar-refractivity contribution in [3.8, 4) is 0 Å². The molecule has 0 N–H and O–H groups in total. The van der Waals surface area contributed by atoms with Gasteiger partial charge in [-0.2, -0.15) is 0 Å². The molecule has 0 aliphatic carbocycles. The summed E-state index contributed by atoms with van der Waals surface area (Å²) in [6, 6.07) is 8.10. The maximum atomic E-state index is 12.0. The van der Waals surface area contributed by atoms with Crippen LogP contribution in [0.2, 0.25) is 0 Å². The molecule has 0 unspecified atom stereocenters. The van der Waals surface area contributed by atoms with Crippen LogP contribution >= 0.6 is 0 Å². The molecule has 26 heavy (non-hydrogen) atoms. The normalized spacial score (nSPS) is 16.4. The van der Waals surface area contributed by atoms with Crippen LogP contribution in [0.3, 0.4) is 0 Å². The van der Waals surface area contributed by atoms with Crippen LogP contribution in [0.5, 0.6) is 0 Å². The fourth-order valence-corrected chi connectivity index (χ4v) is 4.61. The summed E-state index contributed by atoms with van der Waals surface area (Å²) in [5.41, 5.74) is 2.09. The van der Waals surface area contributed by atoms with Crippen LogP contribution in [0, 0.1) is 0 Å². The van der Waals surface area contributed by atoms with Gasteiger partial charge in [0.25, 0.3) is 0 Å². The maximum Gasteiger partial charge on any atom is 0.232 e. The minimum absolute atomic E-state index is 0.560. The van der Waals surface area contributed by atoms with Crippen LogP contribution in [-0.2, 0) is 16.4 Å². The molecular weight excluding hydrogens is 344 g/mol. The third-order valence-electron chi connectivity index (χ3n) is 5.23. The number of sulfonamides is 1. The second-order valence-corrected chi connectivity index (χ2v) is 9.47. The zero-order valence-corrected chi connectivity index (χ0v) is 17.4. The van der Waals surface area contributed by atoms with Gasteiger partial charge < -0.3 is 4.90 Å². The van der Waals surface area contributed by atoms with Crippen LogP contribution in [-0.4, -0.2) is 45.8 Å². The van der Waals surface area contributed by atoms with Crippen molar-refractivity contribution in [1.29, 1.82) is 0 Å². The average Bonchev–Trinajstić information content (AvgIpc) is 2.88. The van der Waals surface area contributed by atoms with E-state index in [0.717, 1.165) is 24.9 Å². The molecule has 148 valence electrons. The van der Waals surface area contributed by atoms with Crippen molar-refractivity contribution in [3.63, 3.8) is 0 Å². The highest BCUT2D eigenvalue weighted by atomic mass is 32.2. The number of nitrogens with zero attached hydrogens (tertiary/aromatic N) is 2. The number of hydrogen-bond donors (Lipinski definition) is 0. The predicted molar refractivity (Wildman–Crippen MR) is 111 cm³/mol. The van der Waals surface area contributed by atoms with E-state index in [9.17, 15) is 8.42 Å². The molecule has 0 radical (unpaired) electrons. The van der Waals surface area contributed by atoms with Gasteiger partial charge in [0.05, 0.1) is 11.9 Å². The molecule has 1 aromatic rings. The minimum atomic E-state index is -3.21. The van der Waals surface area contributed by atoms with E-state index in [2.05, 4.69) is 24.0 Å². The van der Waals surface area contributed by atoms with E-state index >= 15 is 0 Å². The number of rotatable bonds is 10. The first-order valence-electron chi connectivity index (χ1n) is 10.3. The quantitative estimate of drug-likeness (QED) is 0.563. The van der Waals surface area contributed by atoms with Crippen molar-refractivity contribution in [3.05, 3.63) is 29.8 Å². The molecule has 1 heterocycles. The van der Waals surface area contributed by atoms with Gasteiger partial charge in [-0.25, -0.2) is 8.42 Å². The molecule has 5 heteroatoms. The van der Waals surface area contributed by atoms with Crippen molar-refractivity contribution < 1.29 is 8.42 Å². The maximum absolute atomic E-state index is 12.0. The molecule has 0 saturated carbocycles. The van der Waals surface area contributed by atoms with E-state index in [0.29, 0.717) is 6.54 Å². The second kappa shape index (κ2) is 10.9. The summed E-state index contributed by atoms with van der Waals surface area (Å²) in [5, 5.41) is 0. The largest absolute Gasteiger partial charge is 0.303 e. The first kappa shape index (κ1) is 21.2. The lowest BCUT2D eigenvalue weighted by molar-refractivity contribution is 0.279. The lowest BCUT2D eigenvalue weighted by Gasteiger charge is -2.22. The molecule has 4 nitrogen and oxygen atoms in total. The van der Waals surface area contributed by atoms with Gasteiger partial charge in [-0.1, -0.05) is 38.3 Å². The molecule has 0 spiro atoms. The van der Waals surface area contributed by atoms with E-state index in [1.807, 2.05) is 12.1 Å². The summed E-state index contributed by atoms with van der Waals surface area (Å²) >= 11 is 0. The molecule has 2 rings (SSSR count). The molecule has 0 amide bonds. The van der Waals surface area contributed by atoms with Crippen LogP contribution in [0.15, 0.2) is 24.3 Å². The van der Waals surface area contributed by atoms with E-state index in [4.69, 9.17) is 0 Å². The second-order valence-electron chi connectivity index (χ2n) is 7.57. The minimum Gasteiger partial charge on any atom is -0.303 e. The molecule has 1 fully saturated rings. The number of hydrogen-bond acceptors (Lipinski definition) is 3. The Hall–Kier alpha value is -1.07. The molecule has 1 aromatic carbocycles. The highest BCUT2D eigenvalue weighted by Crippen LogP contribution is 2.20. The zero-order chi connectivity index (χ0) is 18.8. The van der Waals surface area contributed by atoms with Crippen LogP contribution in [0.4, 0.5) is 5.69 Å². The Kier molecular flexibility index (Phi) is 8.93. The Morgan fingerprint density at radius 2 is 1.62 bits per heavy atom. The number of benzene rings is 1. The SMILES string of the molecule is CCCCN(c1ccc(CCCCN2CCCCCC2)cc1)S(C)(=O)=O. The van der Waals surface area contributed by atoms with E-state index in [-0.39, 0.29) is 0 Å². The van der Waals surface area contributed by atoms with Crippen LogP contribution < -0.4 is 4.31 Å². The summed E-state index contributed by atoms with van der Waals surface area (Å²) in [7, 11) is -3.21. The molecule has 1 aliphatic heterocycles. The van der Waals surface area contributed by atoms with Gasteiger partial charge in [0.2, 0.25) is 10.0 Å². The van der Waals surface area contributed by atoms with Crippen LogP contribution in [0.1, 0.15) is 63.9 Å². The highest BCUT2D eigenvalue weighted by molar-refractivity contribution is 7.92. The standard InChI is InChI=1S/C21H36N2O2S/c1-3-4-19-23(26(2,24)25)21-14-12-20(13-15-21)11-7-10-18-22-16-8-5-6-9-17-22/h12-15H,3-11,16-19H2,1-2H3. The summed E-state index contributed by atoms with van der Waals surface area (Å²) in [6.45, 7) is 6.40. The van der Waals surface area contributed by atoms with Gasteiger partial charge in [-0.3, -0.25) is 4.31 Å². The third kappa shape index (κ3) is 7.28. The Bertz CT molecular complexity index is 605. The fraction of sp³-hybridized carbons (Fsp3) is 0.714. The summed E-state index contributed by atoms with van der Waals surface area (Å²) in [5.74, 6) is 0. The number of aryl methyl sites for hydroxylation is 1. The monoisotopic (exact) mass is 380 g/mol. The van der Waals surface area contributed by atoms with Gasteiger partial charge in [0.1, 0.15) is 0 Å². The first-order valence-corrected chi connectivity index (χ1v) is 12.1. The molecule has 0 aromatic heterocycles. The summed E-state index contributed by atoms with van der Waals surface area (Å²) in [4.78, 5) is 2.62. The topological polar surface area (TPSA) is 40.6 Å². The van der Waals surface area contributed by atoms with Gasteiger partial charge in [0, 0.05) is 6.54 Å². The van der Waals surface area contributed by atoms with Gasteiger partial charge in [-0.15, -0.1) is 0 Å². The third-order valence-corrected chi connectivity index (χ3v) is 6.42. The Labute approximate surface area is 160 Å². The number of unbranched alkanes of at least 4 members (excludes halogenated alkanes) is 2. The lowest BCUT2D eigenvalue weighted by atomic mass is 10.1. The number of likely N-dealkylation sites (tertiary alicyclic amines) is 1. The Morgan fingerprint density at radius 1 is 0.962 bits per heavy atom. The van der Waals surface area contributed by atoms with E-state index in [1.54, 1.807) is 0 Å². The fourth-order valence-electron chi connectivity index (χ4n) is 3.64. The average molecular weight is 381 g/mol. The Morgan fingerprint density at radius 3 is 2.19 bits per heavy atom. The zero-order valence-electron chi connectivity index (χ0n) is 16.6. The summed E-state index contributed by atoms with van der Waals surface area (Å²) < 4.78 is 25.6. The van der Waals surface area contributed by atoms with E-state index < -0.39 is 10.0 Å². The first-order chi connectivity index (χ1) is 12.5. The number of anilines is 1. The molecular formula is C21H36N2O2S. The van der Waals surface area contributed by atoms with Crippen molar-refractivity contribution in [2.75, 3.05) is 36.7 Å². The summed E-state index contributed by atoms with van der Waals surface area (Å²) in [6.07, 6.45) is 12.2. The predicted octanol–water partition coefficient (Wildman–Crippen LogP) is 4.45. The van der Waals surface area contributed by atoms with Crippen molar-refractivity contribution in [1.82, 2.24) is 4.90 Å². The highest BCUT2D eigenvalue weighted by Gasteiger charge is 2.16. The Balaban J connectivity index is 1.80. The molecule has 1 aliphatic rings. The van der Waals surface area contributed by atoms with Crippen LogP contribution in [0.25, 0.3) is 0 Å². The van der Waals surface area contributed by atoms with Gasteiger partial charge in [0.15, 0.2) is 0 Å². The van der Waals surface area contributed by atoms with Gasteiger partial charge in [-0.05, 0) is 75.9 Å². The van der Waals surface area contributed by atoms with Gasteiger partial charge >= 0.3 is 0 Å². The lowest BCUT2D eigenvalue weighted by Crippen LogP contribution is -2.30. The van der Waals surface area contributed by atoms with E-state index in [1.165, 1.54) is 74.3 Å². The van der Waals surface area contributed by atoms with Crippen molar-refractivity contribution in [2.45, 2.75) is 64.7 Å². The smallest absolute Gasteiger partial charge is 0.232 e. The van der Waals surface area contributed by atoms with Crippen molar-refractivity contribution in [2.24, 2.45) is 0 Å². The molecule has 0 bridgehead atoms. The molecule has 1 saturated heterocycles. The molecule has 0 atom stereocenters.